The fourth-order valence-corrected chi connectivity index (χ4v) is 4.55. The average molecular weight is 400 g/mol. The van der Waals surface area contributed by atoms with E-state index in [1.807, 2.05) is 18.2 Å². The van der Waals surface area contributed by atoms with Crippen LogP contribution < -0.4 is 11.1 Å². The number of carbonyl (C=O) groups is 1. The molecule has 0 radical (unpaired) electrons. The molecular formula is C20H25N5O2S. The number of anilines is 2. The van der Waals surface area contributed by atoms with Gasteiger partial charge in [0.15, 0.2) is 0 Å². The Kier molecular flexibility index (Phi) is 5.34. The molecule has 0 saturated carbocycles. The predicted molar refractivity (Wildman–Crippen MR) is 113 cm³/mol. The SMILES string of the molecule is COC(=O)C(N)CN1CCN(C2=Nc3ccccc3Nc3sc(C)cc32)CC1. The van der Waals surface area contributed by atoms with Gasteiger partial charge in [0.1, 0.15) is 16.9 Å². The lowest BCUT2D eigenvalue weighted by molar-refractivity contribution is -0.142. The summed E-state index contributed by atoms with van der Waals surface area (Å²) in [5, 5.41) is 4.68. The van der Waals surface area contributed by atoms with E-state index in [-0.39, 0.29) is 5.97 Å². The number of rotatable bonds is 3. The van der Waals surface area contributed by atoms with E-state index < -0.39 is 6.04 Å². The Morgan fingerprint density at radius 3 is 2.82 bits per heavy atom. The van der Waals surface area contributed by atoms with Crippen LogP contribution in [0.15, 0.2) is 35.3 Å². The number of nitrogens with two attached hydrogens (primary N) is 1. The molecule has 7 nitrogen and oxygen atoms in total. The lowest BCUT2D eigenvalue weighted by Gasteiger charge is -2.37. The normalized spacial score (nSPS) is 17.7. The molecule has 2 aliphatic rings. The minimum atomic E-state index is -0.603. The second kappa shape index (κ2) is 7.90. The van der Waals surface area contributed by atoms with Gasteiger partial charge >= 0.3 is 5.97 Å². The maximum absolute atomic E-state index is 11.6. The molecule has 1 saturated heterocycles. The lowest BCUT2D eigenvalue weighted by atomic mass is 10.2. The van der Waals surface area contributed by atoms with Gasteiger partial charge < -0.3 is 20.7 Å². The van der Waals surface area contributed by atoms with Gasteiger partial charge in [-0.25, -0.2) is 4.99 Å². The fraction of sp³-hybridized carbons (Fsp3) is 0.400. The number of amidine groups is 1. The number of methoxy groups -OCH3 is 1. The molecule has 1 fully saturated rings. The van der Waals surface area contributed by atoms with E-state index >= 15 is 0 Å². The average Bonchev–Trinajstić information content (AvgIpc) is 2.99. The maximum atomic E-state index is 11.6. The quantitative estimate of drug-likeness (QED) is 0.771. The van der Waals surface area contributed by atoms with Crippen LogP contribution in [0.2, 0.25) is 0 Å². The maximum Gasteiger partial charge on any atom is 0.323 e. The summed E-state index contributed by atoms with van der Waals surface area (Å²) in [6.07, 6.45) is 0. The Balaban J connectivity index is 1.54. The Morgan fingerprint density at radius 2 is 2.07 bits per heavy atom. The van der Waals surface area contributed by atoms with Crippen molar-refractivity contribution < 1.29 is 9.53 Å². The highest BCUT2D eigenvalue weighted by Gasteiger charge is 2.27. The topological polar surface area (TPSA) is 83.2 Å². The van der Waals surface area contributed by atoms with Crippen LogP contribution in [0.5, 0.6) is 0 Å². The Labute approximate surface area is 168 Å². The van der Waals surface area contributed by atoms with Crippen LogP contribution >= 0.6 is 11.3 Å². The Hall–Kier alpha value is -2.42. The molecule has 2 aromatic rings. The largest absolute Gasteiger partial charge is 0.468 e. The van der Waals surface area contributed by atoms with Crippen molar-refractivity contribution in [1.29, 1.82) is 0 Å². The van der Waals surface area contributed by atoms with Crippen LogP contribution in [-0.4, -0.2) is 67.5 Å². The van der Waals surface area contributed by atoms with Crippen molar-refractivity contribution >= 4 is 39.5 Å². The van der Waals surface area contributed by atoms with Gasteiger partial charge in [-0.05, 0) is 25.1 Å². The van der Waals surface area contributed by atoms with Crippen LogP contribution in [0.25, 0.3) is 0 Å². The zero-order valence-electron chi connectivity index (χ0n) is 16.1. The first-order chi connectivity index (χ1) is 13.5. The molecular weight excluding hydrogens is 374 g/mol. The zero-order valence-corrected chi connectivity index (χ0v) is 17.0. The molecule has 0 amide bonds. The first-order valence-corrected chi connectivity index (χ1v) is 10.2. The number of ether oxygens (including phenoxy) is 1. The summed E-state index contributed by atoms with van der Waals surface area (Å²) in [6.45, 7) is 5.97. The van der Waals surface area contributed by atoms with Crippen molar-refractivity contribution in [2.75, 3.05) is 45.2 Å². The van der Waals surface area contributed by atoms with Gasteiger partial charge in [-0.1, -0.05) is 12.1 Å². The second-order valence-corrected chi connectivity index (χ2v) is 8.35. The van der Waals surface area contributed by atoms with E-state index in [9.17, 15) is 4.79 Å². The number of carbonyl (C=O) groups excluding carboxylic acids is 1. The number of esters is 1. The van der Waals surface area contributed by atoms with Crippen molar-refractivity contribution in [3.8, 4) is 0 Å². The van der Waals surface area contributed by atoms with Crippen molar-refractivity contribution in [3.05, 3.63) is 40.8 Å². The highest BCUT2D eigenvalue weighted by Crippen LogP contribution is 2.39. The zero-order chi connectivity index (χ0) is 19.7. The van der Waals surface area contributed by atoms with Crippen molar-refractivity contribution in [1.82, 2.24) is 9.80 Å². The summed E-state index contributed by atoms with van der Waals surface area (Å²) in [5.41, 5.74) is 9.05. The summed E-state index contributed by atoms with van der Waals surface area (Å²) in [5.74, 6) is 0.644. The summed E-state index contributed by atoms with van der Waals surface area (Å²) < 4.78 is 4.73. The number of hydrogen-bond donors (Lipinski definition) is 2. The molecule has 1 atom stereocenters. The number of aryl methyl sites for hydroxylation is 1. The minimum absolute atomic E-state index is 0.364. The van der Waals surface area contributed by atoms with Gasteiger partial charge in [0.25, 0.3) is 0 Å². The molecule has 1 aromatic heterocycles. The molecule has 148 valence electrons. The summed E-state index contributed by atoms with van der Waals surface area (Å²) in [7, 11) is 1.37. The molecule has 3 N–H and O–H groups in total. The van der Waals surface area contributed by atoms with Gasteiger partial charge in [0.2, 0.25) is 0 Å². The van der Waals surface area contributed by atoms with Crippen LogP contribution in [0.3, 0.4) is 0 Å². The number of benzene rings is 1. The number of para-hydroxylation sites is 2. The van der Waals surface area contributed by atoms with Crippen LogP contribution in [0.1, 0.15) is 10.4 Å². The third-order valence-corrected chi connectivity index (χ3v) is 6.07. The Morgan fingerprint density at radius 1 is 1.32 bits per heavy atom. The Bertz CT molecular complexity index is 902. The van der Waals surface area contributed by atoms with Crippen molar-refractivity contribution in [2.45, 2.75) is 13.0 Å². The standard InChI is InChI=1S/C20H25N5O2S/c1-13-11-14-18(22-16-5-3-4-6-17(16)23-19(14)28-13)25-9-7-24(8-10-25)12-15(21)20(26)27-2/h3-6,11,15,23H,7-10,12,21H2,1-2H3. The third-order valence-electron chi connectivity index (χ3n) is 5.11. The molecule has 28 heavy (non-hydrogen) atoms. The molecule has 1 aromatic carbocycles. The third kappa shape index (κ3) is 3.76. The number of aliphatic imine (C=N–C) groups is 1. The van der Waals surface area contributed by atoms with Gasteiger partial charge in [0, 0.05) is 37.6 Å². The number of hydrogen-bond acceptors (Lipinski definition) is 8. The van der Waals surface area contributed by atoms with Crippen molar-refractivity contribution in [3.63, 3.8) is 0 Å². The fourth-order valence-electron chi connectivity index (χ4n) is 3.63. The van der Waals surface area contributed by atoms with Gasteiger partial charge in [0.05, 0.1) is 24.0 Å². The monoisotopic (exact) mass is 399 g/mol. The molecule has 2 aliphatic heterocycles. The number of thiophene rings is 1. The molecule has 0 aliphatic carbocycles. The number of nitrogens with zero attached hydrogens (tertiary/aromatic N) is 3. The minimum Gasteiger partial charge on any atom is -0.468 e. The molecule has 4 rings (SSSR count). The first-order valence-electron chi connectivity index (χ1n) is 9.41. The van der Waals surface area contributed by atoms with Crippen LogP contribution in [0, 0.1) is 6.92 Å². The van der Waals surface area contributed by atoms with E-state index in [0.717, 1.165) is 54.0 Å². The molecule has 0 spiro atoms. The molecule has 1 unspecified atom stereocenters. The summed E-state index contributed by atoms with van der Waals surface area (Å²) in [4.78, 5) is 22.4. The van der Waals surface area contributed by atoms with Crippen LogP contribution in [0.4, 0.5) is 16.4 Å². The molecule has 8 heteroatoms. The first kappa shape index (κ1) is 18.9. The number of piperazine rings is 1. The van der Waals surface area contributed by atoms with E-state index in [1.165, 1.54) is 12.0 Å². The van der Waals surface area contributed by atoms with Gasteiger partial charge in [-0.2, -0.15) is 0 Å². The number of nitrogens with one attached hydrogen (secondary N) is 1. The smallest absolute Gasteiger partial charge is 0.323 e. The second-order valence-electron chi connectivity index (χ2n) is 7.09. The highest BCUT2D eigenvalue weighted by molar-refractivity contribution is 7.16. The van der Waals surface area contributed by atoms with Gasteiger partial charge in [-0.3, -0.25) is 9.69 Å². The summed E-state index contributed by atoms with van der Waals surface area (Å²) in [6, 6.07) is 9.74. The highest BCUT2D eigenvalue weighted by atomic mass is 32.1. The van der Waals surface area contributed by atoms with E-state index in [1.54, 1.807) is 11.3 Å². The van der Waals surface area contributed by atoms with E-state index in [0.29, 0.717) is 6.54 Å². The van der Waals surface area contributed by atoms with E-state index in [4.69, 9.17) is 15.5 Å². The molecule has 3 heterocycles. The van der Waals surface area contributed by atoms with Crippen LogP contribution in [-0.2, 0) is 9.53 Å². The predicted octanol–water partition coefficient (Wildman–Crippen LogP) is 2.31. The summed E-state index contributed by atoms with van der Waals surface area (Å²) >= 11 is 1.75. The van der Waals surface area contributed by atoms with E-state index in [2.05, 4.69) is 34.2 Å². The van der Waals surface area contributed by atoms with Crippen molar-refractivity contribution in [2.24, 2.45) is 10.7 Å². The number of fused-ring (bicyclic) bond motifs is 2. The lowest BCUT2D eigenvalue weighted by Crippen LogP contribution is -2.53. The molecule has 0 bridgehead atoms. The van der Waals surface area contributed by atoms with Gasteiger partial charge in [-0.15, -0.1) is 11.3 Å².